The number of rotatable bonds is 5. The summed E-state index contributed by atoms with van der Waals surface area (Å²) in [6, 6.07) is 13.0. The summed E-state index contributed by atoms with van der Waals surface area (Å²) in [4.78, 5) is 38.0. The van der Waals surface area contributed by atoms with Crippen LogP contribution in [-0.2, 0) is 27.3 Å². The minimum absolute atomic E-state index is 0.0336. The number of carbonyl (C=O) groups excluding carboxylic acids is 3. The van der Waals surface area contributed by atoms with E-state index < -0.39 is 29.6 Å². The molecule has 1 aliphatic heterocycles. The van der Waals surface area contributed by atoms with Crippen LogP contribution < -0.4 is 5.32 Å². The third-order valence-corrected chi connectivity index (χ3v) is 4.87. The van der Waals surface area contributed by atoms with Gasteiger partial charge in [0.15, 0.2) is 0 Å². The van der Waals surface area contributed by atoms with Gasteiger partial charge in [-0.15, -0.1) is 0 Å². The van der Waals surface area contributed by atoms with E-state index in [0.29, 0.717) is 18.4 Å². The lowest BCUT2D eigenvalue weighted by atomic mass is 10.0. The predicted octanol–water partition coefficient (Wildman–Crippen LogP) is 5.04. The van der Waals surface area contributed by atoms with Crippen molar-refractivity contribution >= 4 is 23.8 Å². The first-order chi connectivity index (χ1) is 15.1. The molecule has 1 atom stereocenters. The predicted molar refractivity (Wildman–Crippen MR) is 116 cm³/mol. The molecule has 0 unspecified atom stereocenters. The van der Waals surface area contributed by atoms with Crippen LogP contribution in [0.15, 0.2) is 48.5 Å². The zero-order valence-corrected chi connectivity index (χ0v) is 18.4. The molecular weight excluding hydrogens is 415 g/mol. The SMILES string of the molecule is CC(C)(C)OC(=O)N1C(=O)CC[C@H]1Cc1ccc(F)c(NC(=O)OCc2ccccc2)c1. The lowest BCUT2D eigenvalue weighted by Crippen LogP contribution is -2.43. The lowest BCUT2D eigenvalue weighted by molar-refractivity contribution is -0.128. The van der Waals surface area contributed by atoms with Gasteiger partial charge in [0.1, 0.15) is 18.0 Å². The molecule has 3 rings (SSSR count). The minimum Gasteiger partial charge on any atom is -0.444 e. The summed E-state index contributed by atoms with van der Waals surface area (Å²) in [5.74, 6) is -0.911. The summed E-state index contributed by atoms with van der Waals surface area (Å²) in [7, 11) is 0. The Morgan fingerprint density at radius 2 is 1.84 bits per heavy atom. The van der Waals surface area contributed by atoms with Gasteiger partial charge in [-0.2, -0.15) is 0 Å². The molecule has 1 N–H and O–H groups in total. The van der Waals surface area contributed by atoms with Crippen LogP contribution in [-0.4, -0.2) is 34.6 Å². The Morgan fingerprint density at radius 3 is 2.53 bits per heavy atom. The second kappa shape index (κ2) is 9.80. The summed E-state index contributed by atoms with van der Waals surface area (Å²) in [5, 5.41) is 2.41. The number of carbonyl (C=O) groups is 3. The van der Waals surface area contributed by atoms with Crippen LogP contribution in [0.25, 0.3) is 0 Å². The Kier molecular flexibility index (Phi) is 7.12. The smallest absolute Gasteiger partial charge is 0.417 e. The van der Waals surface area contributed by atoms with Gasteiger partial charge in [-0.3, -0.25) is 10.1 Å². The molecule has 1 aliphatic rings. The molecule has 1 heterocycles. The first-order valence-electron chi connectivity index (χ1n) is 10.4. The van der Waals surface area contributed by atoms with Crippen LogP contribution in [0, 0.1) is 5.82 Å². The Hall–Kier alpha value is -3.42. The van der Waals surface area contributed by atoms with Crippen molar-refractivity contribution in [2.24, 2.45) is 0 Å². The number of ether oxygens (including phenoxy) is 2. The van der Waals surface area contributed by atoms with Crippen molar-refractivity contribution < 1.29 is 28.2 Å². The van der Waals surface area contributed by atoms with E-state index in [2.05, 4.69) is 5.32 Å². The number of anilines is 1. The fourth-order valence-electron chi connectivity index (χ4n) is 3.44. The molecule has 1 fully saturated rings. The van der Waals surface area contributed by atoms with E-state index in [9.17, 15) is 18.8 Å². The summed E-state index contributed by atoms with van der Waals surface area (Å²) >= 11 is 0. The quantitative estimate of drug-likeness (QED) is 0.701. The molecule has 0 aliphatic carbocycles. The fraction of sp³-hybridized carbons (Fsp3) is 0.375. The maximum Gasteiger partial charge on any atom is 0.417 e. The van der Waals surface area contributed by atoms with Crippen LogP contribution in [0.4, 0.5) is 19.7 Å². The molecule has 0 aromatic heterocycles. The third-order valence-electron chi connectivity index (χ3n) is 4.87. The zero-order chi connectivity index (χ0) is 23.3. The first-order valence-corrected chi connectivity index (χ1v) is 10.4. The van der Waals surface area contributed by atoms with E-state index in [1.807, 2.05) is 30.3 Å². The van der Waals surface area contributed by atoms with Crippen molar-refractivity contribution in [3.05, 3.63) is 65.5 Å². The largest absolute Gasteiger partial charge is 0.444 e. The van der Waals surface area contributed by atoms with E-state index in [1.54, 1.807) is 26.8 Å². The van der Waals surface area contributed by atoms with Gasteiger partial charge in [-0.25, -0.2) is 18.9 Å². The Morgan fingerprint density at radius 1 is 1.12 bits per heavy atom. The highest BCUT2D eigenvalue weighted by molar-refractivity contribution is 5.94. The van der Waals surface area contributed by atoms with E-state index in [1.165, 1.54) is 12.1 Å². The molecular formula is C24H27FN2O5. The number of amides is 3. The van der Waals surface area contributed by atoms with Crippen molar-refractivity contribution in [1.29, 1.82) is 0 Å². The summed E-state index contributed by atoms with van der Waals surface area (Å²) < 4.78 is 24.7. The van der Waals surface area contributed by atoms with Crippen LogP contribution in [0.1, 0.15) is 44.7 Å². The Bertz CT molecular complexity index is 988. The standard InChI is InChI=1S/C24H27FN2O5/c1-24(2,3)32-23(30)27-18(10-12-21(27)28)13-17-9-11-19(25)20(14-17)26-22(29)31-15-16-7-5-4-6-8-16/h4-9,11,14,18H,10,12-13,15H2,1-3H3,(H,26,29)/t18-/m0/s1. The molecule has 32 heavy (non-hydrogen) atoms. The van der Waals surface area contributed by atoms with E-state index in [4.69, 9.17) is 9.47 Å². The van der Waals surface area contributed by atoms with Crippen LogP contribution in [0.5, 0.6) is 0 Å². The van der Waals surface area contributed by atoms with Gasteiger partial charge >= 0.3 is 12.2 Å². The average molecular weight is 442 g/mol. The van der Waals surface area contributed by atoms with Crippen molar-refractivity contribution in [2.75, 3.05) is 5.32 Å². The number of likely N-dealkylation sites (tertiary alicyclic amines) is 1. The molecule has 0 bridgehead atoms. The molecule has 2 aromatic carbocycles. The van der Waals surface area contributed by atoms with Gasteiger partial charge < -0.3 is 9.47 Å². The molecule has 3 amide bonds. The highest BCUT2D eigenvalue weighted by Gasteiger charge is 2.38. The van der Waals surface area contributed by atoms with Gasteiger partial charge in [-0.1, -0.05) is 36.4 Å². The van der Waals surface area contributed by atoms with Gasteiger partial charge in [-0.05, 0) is 56.9 Å². The molecule has 7 nitrogen and oxygen atoms in total. The van der Waals surface area contributed by atoms with Crippen molar-refractivity contribution in [1.82, 2.24) is 4.90 Å². The van der Waals surface area contributed by atoms with Crippen molar-refractivity contribution in [2.45, 2.75) is 58.3 Å². The molecule has 0 saturated carbocycles. The third kappa shape index (κ3) is 6.29. The zero-order valence-electron chi connectivity index (χ0n) is 18.4. The highest BCUT2D eigenvalue weighted by atomic mass is 19.1. The number of benzene rings is 2. The maximum atomic E-state index is 14.3. The molecule has 0 radical (unpaired) electrons. The van der Waals surface area contributed by atoms with Crippen molar-refractivity contribution in [3.63, 3.8) is 0 Å². The second-order valence-electron chi connectivity index (χ2n) is 8.64. The summed E-state index contributed by atoms with van der Waals surface area (Å²) in [6.45, 7) is 5.25. The van der Waals surface area contributed by atoms with Crippen molar-refractivity contribution in [3.8, 4) is 0 Å². The minimum atomic E-state index is -0.781. The normalized spacial score (nSPS) is 16.1. The van der Waals surface area contributed by atoms with E-state index >= 15 is 0 Å². The monoisotopic (exact) mass is 442 g/mol. The Balaban J connectivity index is 1.65. The van der Waals surface area contributed by atoms with Gasteiger partial charge in [0.25, 0.3) is 0 Å². The molecule has 2 aromatic rings. The van der Waals surface area contributed by atoms with Crippen LogP contribution in [0.3, 0.4) is 0 Å². The summed E-state index contributed by atoms with van der Waals surface area (Å²) in [6.07, 6.45) is -0.426. The van der Waals surface area contributed by atoms with E-state index in [-0.39, 0.29) is 24.6 Å². The highest BCUT2D eigenvalue weighted by Crippen LogP contribution is 2.26. The Labute approximate surface area is 186 Å². The van der Waals surface area contributed by atoms with Gasteiger partial charge in [0, 0.05) is 12.5 Å². The molecule has 8 heteroatoms. The van der Waals surface area contributed by atoms with Crippen LogP contribution >= 0.6 is 0 Å². The fourth-order valence-corrected chi connectivity index (χ4v) is 3.44. The molecule has 170 valence electrons. The lowest BCUT2D eigenvalue weighted by Gasteiger charge is -2.27. The number of nitrogens with one attached hydrogen (secondary N) is 1. The number of imide groups is 1. The summed E-state index contributed by atoms with van der Waals surface area (Å²) in [5.41, 5.74) is 0.717. The number of hydrogen-bond donors (Lipinski definition) is 1. The second-order valence-corrected chi connectivity index (χ2v) is 8.64. The topological polar surface area (TPSA) is 84.9 Å². The van der Waals surface area contributed by atoms with Gasteiger partial charge in [0.2, 0.25) is 5.91 Å². The number of hydrogen-bond acceptors (Lipinski definition) is 5. The molecule has 0 spiro atoms. The molecule has 1 saturated heterocycles. The van der Waals surface area contributed by atoms with Crippen LogP contribution in [0.2, 0.25) is 0 Å². The maximum absolute atomic E-state index is 14.3. The van der Waals surface area contributed by atoms with E-state index in [0.717, 1.165) is 10.5 Å². The van der Waals surface area contributed by atoms with Gasteiger partial charge in [0.05, 0.1) is 5.69 Å². The average Bonchev–Trinajstić information content (AvgIpc) is 3.08. The number of nitrogens with zero attached hydrogens (tertiary/aromatic N) is 1. The number of halogens is 1. The first kappa shape index (κ1) is 23.2.